The van der Waals surface area contributed by atoms with Crippen LogP contribution in [0.3, 0.4) is 0 Å². The zero-order valence-electron chi connectivity index (χ0n) is 11.8. The van der Waals surface area contributed by atoms with Crippen LogP contribution in [0.1, 0.15) is 45.6 Å². The lowest BCUT2D eigenvalue weighted by atomic mass is 9.51. The molecular weight excluding hydrogens is 246 g/mol. The zero-order chi connectivity index (χ0) is 14.3. The fourth-order valence-corrected chi connectivity index (χ4v) is 3.90. The number of benzene rings is 1. The Balaban J connectivity index is 2.59. The lowest BCUT2D eigenvalue weighted by Gasteiger charge is -2.54. The molecule has 1 nitrogen and oxygen atoms in total. The zero-order valence-corrected chi connectivity index (χ0v) is 11.8. The Bertz CT molecular complexity index is 470. The third-order valence-electron chi connectivity index (χ3n) is 5.17. The van der Waals surface area contributed by atoms with Gasteiger partial charge >= 0.3 is 0 Å². The highest BCUT2D eigenvalue weighted by atomic mass is 19.2. The lowest BCUT2D eigenvalue weighted by Crippen LogP contribution is -2.52. The molecule has 0 aromatic heterocycles. The standard InChI is InChI=1S/C16H22F2O/c1-11-5-4-8-15(2,3)16(11,10-19)12-6-7-13(17)14(18)9-12/h6-7,9,11,19H,4-5,8,10H2,1-3H3/t11-,16+/m0/s1. The summed E-state index contributed by atoms with van der Waals surface area (Å²) in [4.78, 5) is 0. The summed E-state index contributed by atoms with van der Waals surface area (Å²) >= 11 is 0. The summed E-state index contributed by atoms with van der Waals surface area (Å²) in [5, 5.41) is 10.0. The second-order valence-corrected chi connectivity index (χ2v) is 6.44. The van der Waals surface area contributed by atoms with Crippen LogP contribution in [0, 0.1) is 23.0 Å². The number of hydrogen-bond donors (Lipinski definition) is 1. The van der Waals surface area contributed by atoms with Crippen molar-refractivity contribution >= 4 is 0 Å². The molecule has 0 bridgehead atoms. The van der Waals surface area contributed by atoms with Crippen LogP contribution in [0.15, 0.2) is 18.2 Å². The van der Waals surface area contributed by atoms with Gasteiger partial charge in [-0.1, -0.05) is 33.3 Å². The van der Waals surface area contributed by atoms with Gasteiger partial charge in [0.2, 0.25) is 0 Å². The average Bonchev–Trinajstić information content (AvgIpc) is 2.33. The Hall–Kier alpha value is -0.960. The van der Waals surface area contributed by atoms with Crippen LogP contribution >= 0.6 is 0 Å². The molecule has 0 heterocycles. The predicted molar refractivity (Wildman–Crippen MR) is 71.9 cm³/mol. The summed E-state index contributed by atoms with van der Waals surface area (Å²) in [5.74, 6) is -1.43. The van der Waals surface area contributed by atoms with Gasteiger partial charge in [-0.3, -0.25) is 0 Å². The first-order chi connectivity index (χ1) is 8.85. The minimum Gasteiger partial charge on any atom is -0.395 e. The quantitative estimate of drug-likeness (QED) is 0.858. The Morgan fingerprint density at radius 2 is 1.95 bits per heavy atom. The minimum absolute atomic E-state index is 0.0355. The highest BCUT2D eigenvalue weighted by Gasteiger charge is 2.51. The first-order valence-corrected chi connectivity index (χ1v) is 6.91. The van der Waals surface area contributed by atoms with Gasteiger partial charge < -0.3 is 5.11 Å². The number of aliphatic hydroxyl groups is 1. The van der Waals surface area contributed by atoms with Gasteiger partial charge in [0.05, 0.1) is 6.61 Å². The summed E-state index contributed by atoms with van der Waals surface area (Å²) in [6, 6.07) is 4.05. The van der Waals surface area contributed by atoms with E-state index in [0.717, 1.165) is 19.3 Å². The third kappa shape index (κ3) is 2.08. The largest absolute Gasteiger partial charge is 0.395 e. The Kier molecular flexibility index (Phi) is 3.69. The SMILES string of the molecule is C[C@H]1CCCC(C)(C)[C@@]1(CO)c1ccc(F)c(F)c1. The lowest BCUT2D eigenvalue weighted by molar-refractivity contribution is -0.00744. The van der Waals surface area contributed by atoms with Crippen LogP contribution in [-0.2, 0) is 5.41 Å². The maximum Gasteiger partial charge on any atom is 0.159 e. The molecule has 1 aliphatic carbocycles. The van der Waals surface area contributed by atoms with Gasteiger partial charge in [-0.25, -0.2) is 8.78 Å². The van der Waals surface area contributed by atoms with Crippen LogP contribution in [0.5, 0.6) is 0 Å². The van der Waals surface area contributed by atoms with Crippen LogP contribution in [0.2, 0.25) is 0 Å². The van der Waals surface area contributed by atoms with Crippen molar-refractivity contribution in [2.45, 2.75) is 45.4 Å². The van der Waals surface area contributed by atoms with Gasteiger partial charge in [0.15, 0.2) is 11.6 Å². The van der Waals surface area contributed by atoms with Crippen molar-refractivity contribution < 1.29 is 13.9 Å². The molecule has 1 aromatic rings. The van der Waals surface area contributed by atoms with Crippen molar-refractivity contribution in [2.24, 2.45) is 11.3 Å². The summed E-state index contributed by atoms with van der Waals surface area (Å²) in [5.41, 5.74) is 0.0785. The Morgan fingerprint density at radius 1 is 1.26 bits per heavy atom. The molecule has 1 saturated carbocycles. The number of halogens is 2. The highest BCUT2D eigenvalue weighted by Crippen LogP contribution is 2.54. The van der Waals surface area contributed by atoms with Crippen LogP contribution in [0.4, 0.5) is 8.78 Å². The number of aliphatic hydroxyl groups excluding tert-OH is 1. The summed E-state index contributed by atoms with van der Waals surface area (Å²) in [7, 11) is 0. The molecule has 0 spiro atoms. The molecule has 1 aromatic carbocycles. The molecule has 0 aliphatic heterocycles. The smallest absolute Gasteiger partial charge is 0.159 e. The van der Waals surface area contributed by atoms with Gasteiger partial charge in [-0.15, -0.1) is 0 Å². The summed E-state index contributed by atoms with van der Waals surface area (Å²) in [6.07, 6.45) is 3.10. The molecule has 0 saturated heterocycles. The molecule has 2 rings (SSSR count). The van der Waals surface area contributed by atoms with Gasteiger partial charge in [-0.2, -0.15) is 0 Å². The van der Waals surface area contributed by atoms with Crippen molar-refractivity contribution in [3.8, 4) is 0 Å². The van der Waals surface area contributed by atoms with Gasteiger partial charge in [0.25, 0.3) is 0 Å². The second-order valence-electron chi connectivity index (χ2n) is 6.44. The van der Waals surface area contributed by atoms with Crippen molar-refractivity contribution in [3.05, 3.63) is 35.4 Å². The van der Waals surface area contributed by atoms with Crippen molar-refractivity contribution in [1.82, 2.24) is 0 Å². The molecule has 3 heteroatoms. The van der Waals surface area contributed by atoms with Gasteiger partial charge in [-0.05, 0) is 41.9 Å². The van der Waals surface area contributed by atoms with E-state index in [4.69, 9.17) is 0 Å². The van der Waals surface area contributed by atoms with E-state index < -0.39 is 17.0 Å². The first-order valence-electron chi connectivity index (χ1n) is 6.91. The van der Waals surface area contributed by atoms with Crippen molar-refractivity contribution in [1.29, 1.82) is 0 Å². The van der Waals surface area contributed by atoms with E-state index in [1.54, 1.807) is 6.07 Å². The second kappa shape index (κ2) is 4.86. The molecule has 106 valence electrons. The molecule has 0 amide bonds. The molecule has 1 N–H and O–H groups in total. The van der Waals surface area contributed by atoms with Crippen LogP contribution in [-0.4, -0.2) is 11.7 Å². The monoisotopic (exact) mass is 268 g/mol. The maximum absolute atomic E-state index is 13.6. The molecule has 0 radical (unpaired) electrons. The Morgan fingerprint density at radius 3 is 2.47 bits per heavy atom. The van der Waals surface area contributed by atoms with E-state index in [9.17, 15) is 13.9 Å². The molecule has 1 aliphatic rings. The number of rotatable bonds is 2. The fraction of sp³-hybridized carbons (Fsp3) is 0.625. The highest BCUT2D eigenvalue weighted by molar-refractivity contribution is 5.31. The van der Waals surface area contributed by atoms with Gasteiger partial charge in [0, 0.05) is 5.41 Å². The summed E-state index contributed by atoms with van der Waals surface area (Å²) < 4.78 is 26.7. The van der Waals surface area contributed by atoms with Crippen LogP contribution < -0.4 is 0 Å². The van der Waals surface area contributed by atoms with Crippen LogP contribution in [0.25, 0.3) is 0 Å². The predicted octanol–water partition coefficient (Wildman–Crippen LogP) is 4.04. The van der Waals surface area contributed by atoms with E-state index in [1.165, 1.54) is 12.1 Å². The molecule has 0 unspecified atom stereocenters. The summed E-state index contributed by atoms with van der Waals surface area (Å²) in [6.45, 7) is 6.28. The first kappa shape index (κ1) is 14.4. The minimum atomic E-state index is -0.835. The molecule has 19 heavy (non-hydrogen) atoms. The normalized spacial score (nSPS) is 30.3. The fourth-order valence-electron chi connectivity index (χ4n) is 3.90. The van der Waals surface area contributed by atoms with Crippen molar-refractivity contribution in [2.75, 3.05) is 6.61 Å². The number of hydrogen-bond acceptors (Lipinski definition) is 1. The Labute approximate surface area is 113 Å². The molecular formula is C16H22F2O. The average molecular weight is 268 g/mol. The van der Waals surface area contributed by atoms with E-state index in [0.29, 0.717) is 5.56 Å². The third-order valence-corrected chi connectivity index (χ3v) is 5.17. The van der Waals surface area contributed by atoms with Crippen molar-refractivity contribution in [3.63, 3.8) is 0 Å². The van der Waals surface area contributed by atoms with E-state index in [-0.39, 0.29) is 17.9 Å². The molecule has 2 atom stereocenters. The maximum atomic E-state index is 13.6. The van der Waals surface area contributed by atoms with E-state index in [2.05, 4.69) is 20.8 Å². The van der Waals surface area contributed by atoms with Gasteiger partial charge in [0.1, 0.15) is 0 Å². The van der Waals surface area contributed by atoms with E-state index in [1.807, 2.05) is 0 Å². The molecule has 1 fully saturated rings. The van der Waals surface area contributed by atoms with E-state index >= 15 is 0 Å². The topological polar surface area (TPSA) is 20.2 Å².